The van der Waals surface area contributed by atoms with Crippen LogP contribution in [-0.4, -0.2) is 23.4 Å². The molecule has 19 heavy (non-hydrogen) atoms. The highest BCUT2D eigenvalue weighted by atomic mass is 79.9. The highest BCUT2D eigenvalue weighted by Crippen LogP contribution is 2.30. The van der Waals surface area contributed by atoms with Gasteiger partial charge in [0.2, 0.25) is 0 Å². The van der Waals surface area contributed by atoms with Crippen LogP contribution in [0.4, 0.5) is 0 Å². The normalized spacial score (nSPS) is 12.4. The Hall–Kier alpha value is -1.33. The van der Waals surface area contributed by atoms with Gasteiger partial charge in [-0.2, -0.15) is 5.10 Å². The van der Waals surface area contributed by atoms with Crippen LogP contribution in [0.3, 0.4) is 0 Å². The van der Waals surface area contributed by atoms with E-state index < -0.39 is 0 Å². The highest BCUT2D eigenvalue weighted by molar-refractivity contribution is 9.10. The number of hydrogen-bond donors (Lipinski definition) is 1. The van der Waals surface area contributed by atoms with Gasteiger partial charge in [-0.05, 0) is 24.2 Å². The van der Waals surface area contributed by atoms with Crippen molar-refractivity contribution < 1.29 is 4.74 Å². The number of benzene rings is 1. The largest absolute Gasteiger partial charge is 0.493 e. The van der Waals surface area contributed by atoms with Gasteiger partial charge in [-0.1, -0.05) is 35.0 Å². The summed E-state index contributed by atoms with van der Waals surface area (Å²) in [5, 5.41) is 7.76. The fraction of sp³-hybridized carbons (Fsp3) is 0.357. The molecule has 5 heteroatoms. The molecule has 0 bridgehead atoms. The molecule has 1 aromatic heterocycles. The lowest BCUT2D eigenvalue weighted by Crippen LogP contribution is -2.24. The first-order valence-corrected chi connectivity index (χ1v) is 7.01. The van der Waals surface area contributed by atoms with E-state index >= 15 is 0 Å². The van der Waals surface area contributed by atoms with Crippen molar-refractivity contribution >= 4 is 15.9 Å². The van der Waals surface area contributed by atoms with Crippen molar-refractivity contribution in [2.24, 2.45) is 7.05 Å². The molecule has 2 aromatic rings. The Morgan fingerprint density at radius 3 is 2.89 bits per heavy atom. The van der Waals surface area contributed by atoms with Gasteiger partial charge in [-0.3, -0.25) is 4.68 Å². The molecule has 0 saturated carbocycles. The monoisotopic (exact) mass is 323 g/mol. The minimum Gasteiger partial charge on any atom is -0.493 e. The molecule has 0 saturated heterocycles. The molecule has 1 N–H and O–H groups in total. The maximum absolute atomic E-state index is 5.41. The lowest BCUT2D eigenvalue weighted by Gasteiger charge is -2.20. The van der Waals surface area contributed by atoms with E-state index in [2.05, 4.69) is 45.4 Å². The molecule has 1 heterocycles. The average molecular weight is 324 g/mol. The van der Waals surface area contributed by atoms with Crippen molar-refractivity contribution in [1.29, 1.82) is 0 Å². The van der Waals surface area contributed by atoms with Crippen LogP contribution in [0, 0.1) is 0 Å². The van der Waals surface area contributed by atoms with Gasteiger partial charge >= 0.3 is 0 Å². The SMILES string of the molecule is CCNC(c1cccc(Br)c1)c1c(OC)cnn1C. The Balaban J connectivity index is 2.48. The molecule has 0 radical (unpaired) electrons. The van der Waals surface area contributed by atoms with Gasteiger partial charge in [0.25, 0.3) is 0 Å². The summed E-state index contributed by atoms with van der Waals surface area (Å²) in [7, 11) is 3.60. The fourth-order valence-electron chi connectivity index (χ4n) is 2.18. The van der Waals surface area contributed by atoms with E-state index in [4.69, 9.17) is 4.74 Å². The van der Waals surface area contributed by atoms with Crippen molar-refractivity contribution in [3.05, 3.63) is 46.2 Å². The predicted molar refractivity (Wildman–Crippen MR) is 79.4 cm³/mol. The second-order valence-corrected chi connectivity index (χ2v) is 5.18. The third kappa shape index (κ3) is 2.98. The Kier molecular flexibility index (Phi) is 4.61. The number of rotatable bonds is 5. The zero-order valence-corrected chi connectivity index (χ0v) is 12.9. The summed E-state index contributed by atoms with van der Waals surface area (Å²) in [4.78, 5) is 0. The first-order valence-electron chi connectivity index (χ1n) is 6.22. The van der Waals surface area contributed by atoms with Crippen LogP contribution < -0.4 is 10.1 Å². The zero-order chi connectivity index (χ0) is 13.8. The van der Waals surface area contributed by atoms with Crippen LogP contribution in [0.25, 0.3) is 0 Å². The molecule has 1 atom stereocenters. The standard InChI is InChI=1S/C14H18BrN3O/c1-4-16-13(10-6-5-7-11(15)8-10)14-12(19-3)9-17-18(14)2/h5-9,13,16H,4H2,1-3H3. The third-order valence-electron chi connectivity index (χ3n) is 3.03. The zero-order valence-electron chi connectivity index (χ0n) is 11.4. The van der Waals surface area contributed by atoms with E-state index in [-0.39, 0.29) is 6.04 Å². The van der Waals surface area contributed by atoms with Crippen molar-refractivity contribution in [1.82, 2.24) is 15.1 Å². The lowest BCUT2D eigenvalue weighted by molar-refractivity contribution is 0.401. The van der Waals surface area contributed by atoms with Crippen LogP contribution in [0.15, 0.2) is 34.9 Å². The van der Waals surface area contributed by atoms with Crippen molar-refractivity contribution in [2.75, 3.05) is 13.7 Å². The second kappa shape index (κ2) is 6.21. The smallest absolute Gasteiger partial charge is 0.161 e. The highest BCUT2D eigenvalue weighted by Gasteiger charge is 2.21. The van der Waals surface area contributed by atoms with Gasteiger partial charge < -0.3 is 10.1 Å². The molecule has 0 aliphatic rings. The van der Waals surface area contributed by atoms with Crippen LogP contribution in [-0.2, 0) is 7.05 Å². The number of hydrogen-bond acceptors (Lipinski definition) is 3. The van der Waals surface area contributed by atoms with E-state index in [9.17, 15) is 0 Å². The Morgan fingerprint density at radius 1 is 1.47 bits per heavy atom. The molecular weight excluding hydrogens is 306 g/mol. The molecule has 1 unspecified atom stereocenters. The maximum atomic E-state index is 5.41. The summed E-state index contributed by atoms with van der Waals surface area (Å²) in [5.74, 6) is 0.799. The van der Waals surface area contributed by atoms with Crippen LogP contribution in [0.5, 0.6) is 5.75 Å². The van der Waals surface area contributed by atoms with Crippen LogP contribution >= 0.6 is 15.9 Å². The first kappa shape index (κ1) is 14.1. The topological polar surface area (TPSA) is 39.1 Å². The summed E-state index contributed by atoms with van der Waals surface area (Å²) in [6.45, 7) is 2.96. The first-order chi connectivity index (χ1) is 9.17. The number of aromatic nitrogens is 2. The van der Waals surface area contributed by atoms with E-state index in [1.54, 1.807) is 13.3 Å². The molecule has 2 rings (SSSR count). The molecule has 0 spiro atoms. The van der Waals surface area contributed by atoms with Gasteiger partial charge in [0.15, 0.2) is 5.75 Å². The summed E-state index contributed by atoms with van der Waals surface area (Å²) in [6, 6.07) is 8.33. The molecule has 4 nitrogen and oxygen atoms in total. The van der Waals surface area contributed by atoms with E-state index in [0.717, 1.165) is 22.5 Å². The number of methoxy groups -OCH3 is 1. The average Bonchev–Trinajstić information content (AvgIpc) is 2.77. The Labute approximate surface area is 121 Å². The van der Waals surface area contributed by atoms with E-state index in [1.807, 2.05) is 23.9 Å². The van der Waals surface area contributed by atoms with Crippen molar-refractivity contribution in [3.8, 4) is 5.75 Å². The number of aryl methyl sites for hydroxylation is 1. The minimum atomic E-state index is 0.0601. The minimum absolute atomic E-state index is 0.0601. The predicted octanol–water partition coefficient (Wildman–Crippen LogP) is 2.89. The number of halogens is 1. The fourth-order valence-corrected chi connectivity index (χ4v) is 2.59. The second-order valence-electron chi connectivity index (χ2n) is 4.27. The summed E-state index contributed by atoms with van der Waals surface area (Å²) in [6.07, 6.45) is 1.75. The molecule has 0 aliphatic carbocycles. The molecular formula is C14H18BrN3O. The van der Waals surface area contributed by atoms with Gasteiger partial charge in [0.1, 0.15) is 5.69 Å². The number of ether oxygens (including phenoxy) is 1. The molecule has 0 amide bonds. The van der Waals surface area contributed by atoms with E-state index in [0.29, 0.717) is 0 Å². The summed E-state index contributed by atoms with van der Waals surface area (Å²) >= 11 is 3.52. The van der Waals surface area contributed by atoms with Gasteiger partial charge in [0.05, 0.1) is 19.3 Å². The maximum Gasteiger partial charge on any atom is 0.161 e. The lowest BCUT2D eigenvalue weighted by atomic mass is 10.0. The number of nitrogens with one attached hydrogen (secondary N) is 1. The molecule has 0 aliphatic heterocycles. The quantitative estimate of drug-likeness (QED) is 0.919. The Bertz CT molecular complexity index is 553. The van der Waals surface area contributed by atoms with Crippen LogP contribution in [0.2, 0.25) is 0 Å². The molecule has 1 aromatic carbocycles. The van der Waals surface area contributed by atoms with E-state index in [1.165, 1.54) is 5.56 Å². The van der Waals surface area contributed by atoms with Crippen molar-refractivity contribution in [3.63, 3.8) is 0 Å². The van der Waals surface area contributed by atoms with Gasteiger partial charge in [-0.15, -0.1) is 0 Å². The molecule has 102 valence electrons. The molecule has 0 fully saturated rings. The third-order valence-corrected chi connectivity index (χ3v) is 3.53. The van der Waals surface area contributed by atoms with Gasteiger partial charge in [-0.25, -0.2) is 0 Å². The number of nitrogens with zero attached hydrogens (tertiary/aromatic N) is 2. The summed E-state index contributed by atoms with van der Waals surface area (Å²) in [5.41, 5.74) is 2.21. The summed E-state index contributed by atoms with van der Waals surface area (Å²) < 4.78 is 8.33. The van der Waals surface area contributed by atoms with Crippen molar-refractivity contribution in [2.45, 2.75) is 13.0 Å². The van der Waals surface area contributed by atoms with Gasteiger partial charge in [0, 0.05) is 11.5 Å². The Morgan fingerprint density at radius 2 is 2.26 bits per heavy atom. The van der Waals surface area contributed by atoms with Crippen LogP contribution in [0.1, 0.15) is 24.2 Å².